The van der Waals surface area contributed by atoms with E-state index in [0.29, 0.717) is 0 Å². The zero-order valence-electron chi connectivity index (χ0n) is 62.8. The van der Waals surface area contributed by atoms with Crippen molar-refractivity contribution in [3.63, 3.8) is 0 Å². The number of fused-ring (bicyclic) bond motifs is 14. The fraction of sp³-hybridized carbons (Fsp3) is 0.0364. The van der Waals surface area contributed by atoms with Gasteiger partial charge in [-0.25, -0.2) is 9.97 Å². The predicted octanol–water partition coefficient (Wildman–Crippen LogP) is 29.7. The molecule has 4 nitrogen and oxygen atoms in total. The summed E-state index contributed by atoms with van der Waals surface area (Å²) in [4.78, 5) is 10.3. The molecule has 0 fully saturated rings. The van der Waals surface area contributed by atoms with Crippen molar-refractivity contribution in [2.45, 2.75) is 26.7 Å². The summed E-state index contributed by atoms with van der Waals surface area (Å²) in [6, 6.07) is 137. The highest BCUT2D eigenvalue weighted by Crippen LogP contribution is 2.58. The van der Waals surface area contributed by atoms with Crippen LogP contribution in [0.3, 0.4) is 0 Å². The Balaban J connectivity index is 0.664. The molecule has 2 aliphatic carbocycles. The van der Waals surface area contributed by atoms with Crippen LogP contribution >= 0.6 is 0 Å². The Morgan fingerprint density at radius 3 is 1.17 bits per heavy atom. The first-order valence-corrected chi connectivity index (χ1v) is 40.0. The summed E-state index contributed by atoms with van der Waals surface area (Å²) in [7, 11) is 0. The Kier molecular flexibility index (Phi) is 14.1. The van der Waals surface area contributed by atoms with Gasteiger partial charge >= 0.3 is 0 Å². The Bertz CT molecular complexity index is 7930. The molecule has 0 aliphatic heterocycles. The van der Waals surface area contributed by atoms with E-state index in [1.54, 1.807) is 0 Å². The number of benzene rings is 20. The summed E-state index contributed by atoms with van der Waals surface area (Å²) < 4.78 is 4.76. The lowest BCUT2D eigenvalue weighted by Gasteiger charge is -2.22. The number of para-hydroxylation sites is 4. The van der Waals surface area contributed by atoms with Crippen LogP contribution in [0.2, 0.25) is 0 Å². The van der Waals surface area contributed by atoms with Crippen LogP contribution in [0.1, 0.15) is 25.5 Å². The van der Waals surface area contributed by atoms with Crippen LogP contribution in [0, 0.1) is 0 Å². The number of aryl methyl sites for hydroxylation is 2. The lowest BCUT2D eigenvalue weighted by molar-refractivity contribution is 0.913. The normalized spacial score (nSPS) is 12.2. The van der Waals surface area contributed by atoms with Crippen LogP contribution in [-0.4, -0.2) is 19.1 Å². The Hall–Kier alpha value is -14.6. The van der Waals surface area contributed by atoms with Crippen LogP contribution in [-0.2, 0) is 12.8 Å². The SMILES string of the molecule is CCc1nc2ccccc2n1-c1ccc(-c2c3ccccc3c(-c3cccc4c3-c3ccc(-c5ccc(-c6ccc7c(-c8ccc(-n9c(CC)nc%10ccccc%109)c9ccccc89)c8ccccc8c(-c8ccc9cccc%10c9c8-c8ccccc8-%10)c7c6)cc5)c5cccc-4c35)c3cc(-c4ccccc4)ccc23)c2ccccc12. The van der Waals surface area contributed by atoms with Gasteiger partial charge in [-0.2, -0.15) is 0 Å². The predicted molar refractivity (Wildman–Crippen MR) is 481 cm³/mol. The van der Waals surface area contributed by atoms with Crippen LogP contribution in [0.25, 0.3) is 242 Å². The molecule has 530 valence electrons. The minimum Gasteiger partial charge on any atom is -0.296 e. The molecule has 0 radical (unpaired) electrons. The second-order valence-electron chi connectivity index (χ2n) is 30.9. The van der Waals surface area contributed by atoms with Crippen molar-refractivity contribution < 1.29 is 0 Å². The third-order valence-corrected chi connectivity index (χ3v) is 25.1. The number of aromatic nitrogens is 4. The first kappa shape index (κ1) is 64.3. The van der Waals surface area contributed by atoms with Gasteiger partial charge in [0, 0.05) is 23.6 Å². The van der Waals surface area contributed by atoms with E-state index in [-0.39, 0.29) is 0 Å². The molecule has 24 rings (SSSR count). The zero-order chi connectivity index (χ0) is 75.0. The molecule has 114 heavy (non-hydrogen) atoms. The average Bonchev–Trinajstić information content (AvgIpc) is 1.34. The number of hydrogen-bond donors (Lipinski definition) is 0. The van der Waals surface area contributed by atoms with Crippen molar-refractivity contribution in [2.75, 3.05) is 0 Å². The van der Waals surface area contributed by atoms with Crippen molar-refractivity contribution in [1.29, 1.82) is 0 Å². The molecule has 2 aromatic heterocycles. The van der Waals surface area contributed by atoms with Crippen LogP contribution < -0.4 is 0 Å². The molecule has 0 saturated carbocycles. The molecular weight excluding hydrogens is 1380 g/mol. The molecule has 0 atom stereocenters. The van der Waals surface area contributed by atoms with Gasteiger partial charge in [0.05, 0.1) is 33.4 Å². The maximum atomic E-state index is 5.17. The molecule has 0 bridgehead atoms. The third-order valence-electron chi connectivity index (χ3n) is 25.1. The van der Waals surface area contributed by atoms with E-state index in [1.165, 1.54) is 197 Å². The molecule has 4 heteroatoms. The second-order valence-corrected chi connectivity index (χ2v) is 30.9. The average molecular weight is 1450 g/mol. The summed E-state index contributed by atoms with van der Waals surface area (Å²) >= 11 is 0. The first-order valence-electron chi connectivity index (χ1n) is 40.0. The van der Waals surface area contributed by atoms with E-state index in [9.17, 15) is 0 Å². The monoisotopic (exact) mass is 1450 g/mol. The van der Waals surface area contributed by atoms with Gasteiger partial charge in [-0.3, -0.25) is 9.13 Å². The Labute approximate surface area is 659 Å². The summed E-state index contributed by atoms with van der Waals surface area (Å²) in [5.74, 6) is 2.10. The van der Waals surface area contributed by atoms with Crippen molar-refractivity contribution in [1.82, 2.24) is 19.1 Å². The zero-order valence-corrected chi connectivity index (χ0v) is 62.8. The highest BCUT2D eigenvalue weighted by Gasteiger charge is 2.32. The molecule has 0 saturated heterocycles. The molecule has 0 amide bonds. The Morgan fingerprint density at radius 1 is 0.202 bits per heavy atom. The van der Waals surface area contributed by atoms with Gasteiger partial charge in [-0.1, -0.05) is 329 Å². The topological polar surface area (TPSA) is 35.6 Å². The first-order chi connectivity index (χ1) is 56.5. The summed E-state index contributed by atoms with van der Waals surface area (Å²) in [6.45, 7) is 4.41. The number of imidazole rings is 2. The molecule has 2 aliphatic rings. The van der Waals surface area contributed by atoms with E-state index in [1.807, 2.05) is 0 Å². The third kappa shape index (κ3) is 9.28. The fourth-order valence-corrected chi connectivity index (χ4v) is 20.3. The van der Waals surface area contributed by atoms with Gasteiger partial charge in [0.2, 0.25) is 0 Å². The van der Waals surface area contributed by atoms with Gasteiger partial charge in [-0.05, 0) is 246 Å². The summed E-state index contributed by atoms with van der Waals surface area (Å²) in [6.07, 6.45) is 1.62. The highest BCUT2D eigenvalue weighted by atomic mass is 15.1. The lowest BCUT2D eigenvalue weighted by Crippen LogP contribution is -2.01. The van der Waals surface area contributed by atoms with Gasteiger partial charge < -0.3 is 0 Å². The van der Waals surface area contributed by atoms with Gasteiger partial charge in [-0.15, -0.1) is 0 Å². The molecule has 0 N–H and O–H groups in total. The van der Waals surface area contributed by atoms with Crippen LogP contribution in [0.15, 0.2) is 364 Å². The minimum absolute atomic E-state index is 0.810. The van der Waals surface area contributed by atoms with E-state index in [2.05, 4.69) is 387 Å². The van der Waals surface area contributed by atoms with Crippen molar-refractivity contribution in [2.24, 2.45) is 0 Å². The summed E-state index contributed by atoms with van der Waals surface area (Å²) in [5, 5.41) is 19.7. The van der Waals surface area contributed by atoms with Crippen molar-refractivity contribution in [3.05, 3.63) is 376 Å². The maximum absolute atomic E-state index is 5.17. The molecule has 22 aromatic rings. The molecule has 2 heterocycles. The van der Waals surface area contributed by atoms with Gasteiger partial charge in [0.1, 0.15) is 11.6 Å². The standard InChI is InChI=1S/C110H70N4/c1-3-101-111-95-43-18-20-45-99(95)113(101)97-61-59-86(72-28-8-11-31-75(72)97)104-80-34-14-16-36-82(80)108(93-63-69(52-54-88(93)104)65-25-6-5-7-26-65)90-42-24-41-85-84-40-23-39-77-71(57-58-91(106(77)84)107(85)90)67-49-47-66(48-50-67)70-53-55-89-94(64-70)109(92-56-51-68-27-22-38-78-74-30-10-13-33-79(74)110(92)103(68)78)83-37-17-15-35-81(83)105(89)87-60-62-98(76-32-12-9-29-73(76)87)114-100-46-21-19-44-96(100)112-102(114)4-2/h5-64H,3-4H2,1-2H3. The molecular formula is C110H70N4. The second kappa shape index (κ2) is 25.0. The van der Waals surface area contributed by atoms with Gasteiger partial charge in [0.25, 0.3) is 0 Å². The number of hydrogen-bond acceptors (Lipinski definition) is 2. The van der Waals surface area contributed by atoms with E-state index in [0.717, 1.165) is 69.1 Å². The van der Waals surface area contributed by atoms with E-state index < -0.39 is 0 Å². The van der Waals surface area contributed by atoms with E-state index in [4.69, 9.17) is 9.97 Å². The largest absolute Gasteiger partial charge is 0.296 e. The van der Waals surface area contributed by atoms with Crippen molar-refractivity contribution >= 4 is 108 Å². The van der Waals surface area contributed by atoms with E-state index >= 15 is 0 Å². The lowest BCUT2D eigenvalue weighted by atomic mass is 9.81. The minimum atomic E-state index is 0.810. The molecule has 20 aromatic carbocycles. The van der Waals surface area contributed by atoms with Crippen LogP contribution in [0.5, 0.6) is 0 Å². The molecule has 0 unspecified atom stereocenters. The molecule has 0 spiro atoms. The quantitative estimate of drug-likeness (QED) is 0.121. The number of rotatable bonds is 11. The smallest absolute Gasteiger partial charge is 0.114 e. The highest BCUT2D eigenvalue weighted by molar-refractivity contribution is 6.31. The number of nitrogens with zero attached hydrogens (tertiary/aromatic N) is 4. The van der Waals surface area contributed by atoms with Gasteiger partial charge in [0.15, 0.2) is 0 Å². The fourth-order valence-electron chi connectivity index (χ4n) is 20.3. The Morgan fingerprint density at radius 2 is 0.588 bits per heavy atom. The summed E-state index contributed by atoms with van der Waals surface area (Å²) in [5.41, 5.74) is 33.7. The maximum Gasteiger partial charge on any atom is 0.114 e. The van der Waals surface area contributed by atoms with Crippen LogP contribution in [0.4, 0.5) is 0 Å². The van der Waals surface area contributed by atoms with Crippen molar-refractivity contribution in [3.8, 4) is 134 Å².